The normalized spacial score (nSPS) is 16.3. The Morgan fingerprint density at radius 3 is 2.52 bits per heavy atom. The fourth-order valence-corrected chi connectivity index (χ4v) is 3.65. The maximum Gasteiger partial charge on any atom is 0.251 e. The van der Waals surface area contributed by atoms with Crippen LogP contribution in [0.3, 0.4) is 0 Å². The van der Waals surface area contributed by atoms with E-state index in [-0.39, 0.29) is 23.8 Å². The summed E-state index contributed by atoms with van der Waals surface area (Å²) >= 11 is 0. The zero-order chi connectivity index (χ0) is 23.8. The van der Waals surface area contributed by atoms with Crippen molar-refractivity contribution in [2.45, 2.75) is 52.7 Å². The van der Waals surface area contributed by atoms with E-state index in [1.54, 1.807) is 24.3 Å². The Bertz CT molecular complexity index is 936. The van der Waals surface area contributed by atoms with E-state index in [1.165, 1.54) is 0 Å². The van der Waals surface area contributed by atoms with Crippen molar-refractivity contribution in [2.75, 3.05) is 25.1 Å². The molecule has 1 aliphatic heterocycles. The zero-order valence-corrected chi connectivity index (χ0v) is 19.9. The molecule has 2 atom stereocenters. The molecule has 33 heavy (non-hydrogen) atoms. The number of hydrogen-bond acceptors (Lipinski definition) is 5. The van der Waals surface area contributed by atoms with Crippen molar-refractivity contribution in [3.63, 3.8) is 0 Å². The summed E-state index contributed by atoms with van der Waals surface area (Å²) in [5.74, 6) is 0.570. The first-order valence-corrected chi connectivity index (χ1v) is 11.6. The molecule has 0 spiro atoms. The number of ether oxygens (including phenoxy) is 3. The van der Waals surface area contributed by atoms with Crippen LogP contribution in [-0.4, -0.2) is 43.8 Å². The van der Waals surface area contributed by atoms with Gasteiger partial charge in [-0.2, -0.15) is 0 Å². The average molecular weight is 455 g/mol. The SMILES string of the molecule is CCOc1ccc(C(=O)NC(C(=O)Nc2ccc(C)cc2OCC2CCCO2)C(C)C)cc1. The molecule has 178 valence electrons. The largest absolute Gasteiger partial charge is 0.494 e. The minimum absolute atomic E-state index is 0.0749. The Hall–Kier alpha value is -3.06. The molecule has 1 heterocycles. The second kappa shape index (κ2) is 11.7. The number of nitrogens with one attached hydrogen (secondary N) is 2. The summed E-state index contributed by atoms with van der Waals surface area (Å²) < 4.78 is 17.0. The van der Waals surface area contributed by atoms with Crippen LogP contribution < -0.4 is 20.1 Å². The molecule has 2 N–H and O–H groups in total. The van der Waals surface area contributed by atoms with Gasteiger partial charge in [-0.1, -0.05) is 19.9 Å². The molecule has 0 aliphatic carbocycles. The summed E-state index contributed by atoms with van der Waals surface area (Å²) in [5.41, 5.74) is 2.07. The summed E-state index contributed by atoms with van der Waals surface area (Å²) in [5, 5.41) is 5.80. The van der Waals surface area contributed by atoms with Gasteiger partial charge in [-0.05, 0) is 74.6 Å². The van der Waals surface area contributed by atoms with E-state index in [1.807, 2.05) is 45.9 Å². The van der Waals surface area contributed by atoms with E-state index >= 15 is 0 Å². The van der Waals surface area contributed by atoms with Gasteiger partial charge in [0.2, 0.25) is 5.91 Å². The molecule has 2 aromatic carbocycles. The lowest BCUT2D eigenvalue weighted by Crippen LogP contribution is -2.47. The fourth-order valence-electron chi connectivity index (χ4n) is 3.65. The van der Waals surface area contributed by atoms with Crippen LogP contribution in [0.5, 0.6) is 11.5 Å². The first-order valence-electron chi connectivity index (χ1n) is 11.6. The molecule has 1 fully saturated rings. The average Bonchev–Trinajstić information content (AvgIpc) is 3.31. The molecular weight excluding hydrogens is 420 g/mol. The van der Waals surface area contributed by atoms with Crippen molar-refractivity contribution in [3.05, 3.63) is 53.6 Å². The molecule has 1 saturated heterocycles. The number of amides is 2. The highest BCUT2D eigenvalue weighted by molar-refractivity contribution is 6.01. The predicted octanol–water partition coefficient (Wildman–Crippen LogP) is 4.34. The second-order valence-electron chi connectivity index (χ2n) is 8.59. The smallest absolute Gasteiger partial charge is 0.251 e. The van der Waals surface area contributed by atoms with Crippen LogP contribution in [0, 0.1) is 12.8 Å². The molecule has 1 aliphatic rings. The lowest BCUT2D eigenvalue weighted by atomic mass is 10.0. The van der Waals surface area contributed by atoms with Crippen LogP contribution in [0.15, 0.2) is 42.5 Å². The van der Waals surface area contributed by atoms with E-state index in [9.17, 15) is 9.59 Å². The third-order valence-corrected chi connectivity index (χ3v) is 5.51. The van der Waals surface area contributed by atoms with Crippen molar-refractivity contribution < 1.29 is 23.8 Å². The summed E-state index contributed by atoms with van der Waals surface area (Å²) in [6, 6.07) is 11.8. The Balaban J connectivity index is 1.67. The van der Waals surface area contributed by atoms with Gasteiger partial charge >= 0.3 is 0 Å². The molecule has 7 nitrogen and oxygen atoms in total. The van der Waals surface area contributed by atoms with E-state index in [2.05, 4.69) is 10.6 Å². The first kappa shape index (κ1) is 24.6. The van der Waals surface area contributed by atoms with E-state index < -0.39 is 6.04 Å². The van der Waals surface area contributed by atoms with Gasteiger partial charge in [0.05, 0.1) is 18.4 Å². The van der Waals surface area contributed by atoms with Crippen LogP contribution in [-0.2, 0) is 9.53 Å². The molecule has 2 aromatic rings. The molecule has 2 amide bonds. The van der Waals surface area contributed by atoms with Crippen LogP contribution >= 0.6 is 0 Å². The van der Waals surface area contributed by atoms with Crippen LogP contribution in [0.25, 0.3) is 0 Å². The maximum absolute atomic E-state index is 13.1. The first-order chi connectivity index (χ1) is 15.9. The molecule has 0 bridgehead atoms. The summed E-state index contributed by atoms with van der Waals surface area (Å²) in [6.07, 6.45) is 2.08. The van der Waals surface area contributed by atoms with Gasteiger partial charge in [0, 0.05) is 12.2 Å². The van der Waals surface area contributed by atoms with Crippen molar-refractivity contribution in [3.8, 4) is 11.5 Å². The minimum atomic E-state index is -0.712. The summed E-state index contributed by atoms with van der Waals surface area (Å²) in [4.78, 5) is 25.9. The lowest BCUT2D eigenvalue weighted by molar-refractivity contribution is -0.118. The maximum atomic E-state index is 13.1. The van der Waals surface area contributed by atoms with Gasteiger partial charge in [-0.3, -0.25) is 9.59 Å². The number of carbonyl (C=O) groups is 2. The number of carbonyl (C=O) groups excluding carboxylic acids is 2. The highest BCUT2D eigenvalue weighted by atomic mass is 16.5. The van der Waals surface area contributed by atoms with Crippen molar-refractivity contribution >= 4 is 17.5 Å². The monoisotopic (exact) mass is 454 g/mol. The van der Waals surface area contributed by atoms with Gasteiger partial charge in [-0.15, -0.1) is 0 Å². The van der Waals surface area contributed by atoms with Gasteiger partial charge in [0.15, 0.2) is 0 Å². The Morgan fingerprint density at radius 1 is 1.12 bits per heavy atom. The Labute approximate surface area is 195 Å². The van der Waals surface area contributed by atoms with Crippen LogP contribution in [0.2, 0.25) is 0 Å². The number of benzene rings is 2. The van der Waals surface area contributed by atoms with Gasteiger partial charge in [-0.25, -0.2) is 0 Å². The van der Waals surface area contributed by atoms with E-state index in [4.69, 9.17) is 14.2 Å². The van der Waals surface area contributed by atoms with Crippen LogP contribution in [0.4, 0.5) is 5.69 Å². The van der Waals surface area contributed by atoms with Crippen molar-refractivity contribution in [2.24, 2.45) is 5.92 Å². The van der Waals surface area contributed by atoms with E-state index in [0.29, 0.717) is 36.0 Å². The number of hydrogen-bond donors (Lipinski definition) is 2. The van der Waals surface area contributed by atoms with E-state index in [0.717, 1.165) is 25.0 Å². The molecule has 0 aromatic heterocycles. The summed E-state index contributed by atoms with van der Waals surface area (Å²) in [6.45, 7) is 9.42. The third kappa shape index (κ3) is 6.96. The number of aryl methyl sites for hydroxylation is 1. The fraction of sp³-hybridized carbons (Fsp3) is 0.462. The standard InChI is InChI=1S/C26H34N2O5/c1-5-31-20-11-9-19(10-12-20)25(29)28-24(17(2)3)26(30)27-22-13-8-18(4)15-23(22)33-16-21-7-6-14-32-21/h8-13,15,17,21,24H,5-7,14,16H2,1-4H3,(H,27,30)(H,28,29). The quantitative estimate of drug-likeness (QED) is 0.558. The third-order valence-electron chi connectivity index (χ3n) is 5.51. The van der Waals surface area contributed by atoms with Gasteiger partial charge in [0.1, 0.15) is 24.1 Å². The predicted molar refractivity (Wildman–Crippen MR) is 128 cm³/mol. The molecule has 2 unspecified atom stereocenters. The van der Waals surface area contributed by atoms with Crippen molar-refractivity contribution in [1.29, 1.82) is 0 Å². The Morgan fingerprint density at radius 2 is 1.88 bits per heavy atom. The molecular formula is C26H34N2O5. The second-order valence-corrected chi connectivity index (χ2v) is 8.59. The molecule has 0 radical (unpaired) electrons. The zero-order valence-electron chi connectivity index (χ0n) is 19.9. The summed E-state index contributed by atoms with van der Waals surface area (Å²) in [7, 11) is 0. The highest BCUT2D eigenvalue weighted by Crippen LogP contribution is 2.27. The van der Waals surface area contributed by atoms with Crippen LogP contribution in [0.1, 0.15) is 49.5 Å². The molecule has 0 saturated carbocycles. The number of anilines is 1. The van der Waals surface area contributed by atoms with Gasteiger partial charge < -0.3 is 24.8 Å². The van der Waals surface area contributed by atoms with Crippen molar-refractivity contribution in [1.82, 2.24) is 5.32 Å². The van der Waals surface area contributed by atoms with Gasteiger partial charge in [0.25, 0.3) is 5.91 Å². The Kier molecular flexibility index (Phi) is 8.72. The molecule has 3 rings (SSSR count). The minimum Gasteiger partial charge on any atom is -0.494 e. The number of rotatable bonds is 10. The highest BCUT2D eigenvalue weighted by Gasteiger charge is 2.26. The topological polar surface area (TPSA) is 85.9 Å². The lowest BCUT2D eigenvalue weighted by Gasteiger charge is -2.23. The molecule has 7 heteroatoms.